The highest BCUT2D eigenvalue weighted by Gasteiger charge is 2.36. The van der Waals surface area contributed by atoms with Crippen LogP contribution in [-0.4, -0.2) is 44.0 Å². The number of sulfonamides is 1. The first-order valence-electron chi connectivity index (χ1n) is 11.1. The van der Waals surface area contributed by atoms with Gasteiger partial charge in [0.15, 0.2) is 10.7 Å². The van der Waals surface area contributed by atoms with Gasteiger partial charge in [0.25, 0.3) is 0 Å². The molecule has 2 heterocycles. The van der Waals surface area contributed by atoms with Crippen LogP contribution in [0.15, 0.2) is 57.9 Å². The molecule has 0 unspecified atom stereocenters. The summed E-state index contributed by atoms with van der Waals surface area (Å²) in [6, 6.07) is 14.3. The molecule has 2 aromatic carbocycles. The maximum atomic E-state index is 13.5. The van der Waals surface area contributed by atoms with E-state index in [1.807, 2.05) is 24.3 Å². The lowest BCUT2D eigenvalue weighted by Crippen LogP contribution is -2.41. The lowest BCUT2D eigenvalue weighted by Gasteiger charge is -2.30. The zero-order valence-electron chi connectivity index (χ0n) is 19.4. The van der Waals surface area contributed by atoms with E-state index < -0.39 is 10.0 Å². The molecule has 10 heteroatoms. The van der Waals surface area contributed by atoms with Gasteiger partial charge < -0.3 is 14.6 Å². The normalized spacial score (nSPS) is 15.4. The molecule has 0 atom stereocenters. The number of rotatable bonds is 7. The van der Waals surface area contributed by atoms with E-state index in [0.29, 0.717) is 29.2 Å². The maximum Gasteiger partial charge on any atom is 0.248 e. The van der Waals surface area contributed by atoms with Crippen molar-refractivity contribution >= 4 is 45.4 Å². The lowest BCUT2D eigenvalue weighted by atomic mass is 9.97. The number of piperidine rings is 1. The van der Waals surface area contributed by atoms with Gasteiger partial charge in [0, 0.05) is 29.7 Å². The molecular formula is C25H26ClN3O5S. The van der Waals surface area contributed by atoms with Gasteiger partial charge in [-0.3, -0.25) is 4.79 Å². The fourth-order valence-corrected chi connectivity index (χ4v) is 5.89. The van der Waals surface area contributed by atoms with Crippen LogP contribution in [0.5, 0.6) is 5.75 Å². The van der Waals surface area contributed by atoms with Crippen LogP contribution in [0, 0.1) is 12.8 Å². The fraction of sp³-hybridized carbons (Fsp3) is 0.280. The highest BCUT2D eigenvalue weighted by Crippen LogP contribution is 2.30. The van der Waals surface area contributed by atoms with E-state index in [1.54, 1.807) is 50.5 Å². The third-order valence-corrected chi connectivity index (χ3v) is 8.18. The summed E-state index contributed by atoms with van der Waals surface area (Å²) in [6.07, 6.45) is 4.17. The van der Waals surface area contributed by atoms with Gasteiger partial charge in [0.2, 0.25) is 15.9 Å². The van der Waals surface area contributed by atoms with Crippen LogP contribution < -0.4 is 10.1 Å². The predicted molar refractivity (Wildman–Crippen MR) is 135 cm³/mol. The first-order valence-corrected chi connectivity index (χ1v) is 12.9. The smallest absolute Gasteiger partial charge is 0.248 e. The molecular weight excluding hydrogens is 490 g/mol. The summed E-state index contributed by atoms with van der Waals surface area (Å²) in [4.78, 5) is 12.7. The Balaban J connectivity index is 1.44. The van der Waals surface area contributed by atoms with E-state index in [-0.39, 0.29) is 35.6 Å². The molecule has 1 N–H and O–H groups in total. The zero-order valence-corrected chi connectivity index (χ0v) is 21.0. The number of anilines is 1. The van der Waals surface area contributed by atoms with Gasteiger partial charge in [-0.05, 0) is 61.7 Å². The average Bonchev–Trinajstić information content (AvgIpc) is 3.24. The summed E-state index contributed by atoms with van der Waals surface area (Å²) in [5.74, 6) is 0.455. The molecule has 1 aliphatic heterocycles. The number of nitrogens with zero attached hydrogens (tertiary/aromatic N) is 2. The highest BCUT2D eigenvalue weighted by molar-refractivity contribution is 7.89. The number of hydrogen-bond donors (Lipinski definition) is 1. The minimum absolute atomic E-state index is 0.0455. The van der Waals surface area contributed by atoms with Gasteiger partial charge in [-0.2, -0.15) is 4.31 Å². The molecule has 1 aromatic heterocycles. The number of methoxy groups -OCH3 is 1. The van der Waals surface area contributed by atoms with Crippen molar-refractivity contribution in [1.29, 1.82) is 0 Å². The molecule has 0 radical (unpaired) electrons. The van der Waals surface area contributed by atoms with Crippen LogP contribution in [0.2, 0.25) is 5.02 Å². The molecule has 1 saturated heterocycles. The van der Waals surface area contributed by atoms with E-state index >= 15 is 0 Å². The Morgan fingerprint density at radius 3 is 2.54 bits per heavy atom. The first kappa shape index (κ1) is 25.0. The summed E-state index contributed by atoms with van der Waals surface area (Å²) < 4.78 is 38.8. The molecule has 0 aliphatic carbocycles. The third kappa shape index (κ3) is 5.75. The Hall–Kier alpha value is -3.14. The number of amides is 1. The minimum Gasteiger partial charge on any atom is -0.497 e. The number of benzene rings is 2. The van der Waals surface area contributed by atoms with Crippen molar-refractivity contribution < 1.29 is 22.5 Å². The first-order chi connectivity index (χ1) is 16.8. The Kier molecular flexibility index (Phi) is 7.59. The van der Waals surface area contributed by atoms with Gasteiger partial charge in [-0.15, -0.1) is 0 Å². The summed E-state index contributed by atoms with van der Waals surface area (Å²) >= 11 is 5.98. The number of aryl methyl sites for hydroxylation is 1. The molecule has 0 bridgehead atoms. The molecule has 184 valence electrons. The maximum absolute atomic E-state index is 13.5. The quantitative estimate of drug-likeness (QED) is 0.482. The van der Waals surface area contributed by atoms with Crippen LogP contribution >= 0.6 is 11.6 Å². The van der Waals surface area contributed by atoms with Crippen LogP contribution in [0.4, 0.5) is 5.69 Å². The van der Waals surface area contributed by atoms with Gasteiger partial charge in [-0.25, -0.2) is 8.42 Å². The molecule has 0 saturated carbocycles. The summed E-state index contributed by atoms with van der Waals surface area (Å²) in [5.41, 5.74) is 1.76. The lowest BCUT2D eigenvalue weighted by molar-refractivity contribution is -0.120. The molecule has 0 spiro atoms. The largest absolute Gasteiger partial charge is 0.497 e. The highest BCUT2D eigenvalue weighted by atomic mass is 35.5. The van der Waals surface area contributed by atoms with Crippen molar-refractivity contribution in [2.75, 3.05) is 25.5 Å². The fourth-order valence-electron chi connectivity index (χ4n) is 3.98. The van der Waals surface area contributed by atoms with Gasteiger partial charge in [-0.1, -0.05) is 41.0 Å². The summed E-state index contributed by atoms with van der Waals surface area (Å²) in [7, 11) is -2.26. The second-order valence-corrected chi connectivity index (χ2v) is 10.6. The van der Waals surface area contributed by atoms with Gasteiger partial charge in [0.05, 0.1) is 7.11 Å². The van der Waals surface area contributed by atoms with E-state index in [0.717, 1.165) is 11.3 Å². The Morgan fingerprint density at radius 1 is 1.17 bits per heavy atom. The Bertz CT molecular complexity index is 1330. The van der Waals surface area contributed by atoms with Crippen molar-refractivity contribution in [3.05, 3.63) is 70.6 Å². The predicted octanol–water partition coefficient (Wildman–Crippen LogP) is 4.85. The average molecular weight is 516 g/mol. The van der Waals surface area contributed by atoms with E-state index in [1.165, 1.54) is 4.31 Å². The number of carbonyl (C=O) groups excluding carboxylic acids is 1. The number of carbonyl (C=O) groups is 1. The van der Waals surface area contributed by atoms with Crippen molar-refractivity contribution in [2.24, 2.45) is 5.92 Å². The summed E-state index contributed by atoms with van der Waals surface area (Å²) in [6.45, 7) is 2.05. The Morgan fingerprint density at radius 2 is 1.89 bits per heavy atom. The molecule has 1 aliphatic rings. The number of hydrogen-bond acceptors (Lipinski definition) is 6. The van der Waals surface area contributed by atoms with Gasteiger partial charge in [0.1, 0.15) is 11.4 Å². The van der Waals surface area contributed by atoms with Gasteiger partial charge >= 0.3 is 0 Å². The minimum atomic E-state index is -3.85. The van der Waals surface area contributed by atoms with E-state index in [4.69, 9.17) is 20.9 Å². The van der Waals surface area contributed by atoms with Crippen molar-refractivity contribution in [3.8, 4) is 5.75 Å². The second-order valence-electron chi connectivity index (χ2n) is 8.25. The second kappa shape index (κ2) is 10.6. The van der Waals surface area contributed by atoms with Crippen molar-refractivity contribution in [3.63, 3.8) is 0 Å². The number of halogens is 1. The van der Waals surface area contributed by atoms with Crippen LogP contribution in [0.1, 0.15) is 29.9 Å². The van der Waals surface area contributed by atoms with Crippen molar-refractivity contribution in [1.82, 2.24) is 9.46 Å². The van der Waals surface area contributed by atoms with Crippen LogP contribution in [0.25, 0.3) is 12.2 Å². The monoisotopic (exact) mass is 515 g/mol. The summed E-state index contributed by atoms with van der Waals surface area (Å²) in [5, 5.41) is 7.28. The standard InChI is InChI=1S/C25H26ClN3O5S/c1-17-24(23(34-28-17)11-8-18-6-9-22(33-2)10-7-18)35(31,32)29-14-12-19(13-15-29)25(30)27-21-5-3-4-20(26)16-21/h3-11,16,19H,12-15H2,1-2H3,(H,27,30)/b11-8-. The Labute approximate surface area is 209 Å². The van der Waals surface area contributed by atoms with E-state index in [2.05, 4.69) is 10.5 Å². The third-order valence-electron chi connectivity index (χ3n) is 5.89. The topological polar surface area (TPSA) is 102 Å². The molecule has 1 amide bonds. The zero-order chi connectivity index (χ0) is 25.0. The van der Waals surface area contributed by atoms with Crippen LogP contribution in [0.3, 0.4) is 0 Å². The number of nitrogens with one attached hydrogen (secondary N) is 1. The number of ether oxygens (including phenoxy) is 1. The number of aromatic nitrogens is 1. The molecule has 8 nitrogen and oxygen atoms in total. The SMILES string of the molecule is COc1ccc(/C=C\c2onc(C)c2S(=O)(=O)N2CCC(C(=O)Nc3cccc(Cl)c3)CC2)cc1. The molecule has 4 rings (SSSR count). The van der Waals surface area contributed by atoms with Crippen LogP contribution in [-0.2, 0) is 14.8 Å². The molecule has 1 fully saturated rings. The molecule has 3 aromatic rings. The van der Waals surface area contributed by atoms with Crippen molar-refractivity contribution in [2.45, 2.75) is 24.7 Å². The molecule has 35 heavy (non-hydrogen) atoms. The van der Waals surface area contributed by atoms with E-state index in [9.17, 15) is 13.2 Å².